The van der Waals surface area contributed by atoms with Gasteiger partial charge in [-0.3, -0.25) is 9.59 Å². The van der Waals surface area contributed by atoms with E-state index in [4.69, 9.17) is 4.74 Å². The fourth-order valence-electron chi connectivity index (χ4n) is 3.41. The Labute approximate surface area is 179 Å². The average molecular weight is 430 g/mol. The first kappa shape index (κ1) is 22.3. The number of ether oxygens (including phenoxy) is 2. The Morgan fingerprint density at radius 2 is 1.94 bits per heavy atom. The summed E-state index contributed by atoms with van der Waals surface area (Å²) in [6, 6.07) is 13.6. The highest BCUT2D eigenvalue weighted by atomic mass is 19.3. The third-order valence-electron chi connectivity index (χ3n) is 4.97. The molecule has 0 aliphatic carbocycles. The van der Waals surface area contributed by atoms with E-state index in [0.29, 0.717) is 18.7 Å². The van der Waals surface area contributed by atoms with E-state index < -0.39 is 6.61 Å². The molecule has 1 aliphatic heterocycles. The largest absolute Gasteiger partial charge is 0.493 e. The molecule has 0 bridgehead atoms. The normalized spacial score (nSPS) is 16.4. The van der Waals surface area contributed by atoms with E-state index in [1.54, 1.807) is 17.0 Å². The quantitative estimate of drug-likeness (QED) is 0.669. The van der Waals surface area contributed by atoms with Crippen LogP contribution in [0.3, 0.4) is 0 Å². The van der Waals surface area contributed by atoms with Crippen molar-refractivity contribution in [3.63, 3.8) is 0 Å². The summed E-state index contributed by atoms with van der Waals surface area (Å²) < 4.78 is 34.3. The van der Waals surface area contributed by atoms with E-state index >= 15 is 0 Å². The first-order valence-corrected chi connectivity index (χ1v) is 9.92. The molecule has 1 aliphatic rings. The Hall–Kier alpha value is -3.42. The van der Waals surface area contributed by atoms with Gasteiger partial charge in [-0.1, -0.05) is 24.3 Å². The highest BCUT2D eigenvalue weighted by Gasteiger charge is 2.27. The molecule has 0 saturated carbocycles. The molecule has 31 heavy (non-hydrogen) atoms. The monoisotopic (exact) mass is 430 g/mol. The molecular weight excluding hydrogens is 406 g/mol. The molecule has 0 aromatic heterocycles. The van der Waals surface area contributed by atoms with Gasteiger partial charge in [0.25, 0.3) is 0 Å². The van der Waals surface area contributed by atoms with Crippen molar-refractivity contribution >= 4 is 23.6 Å². The molecule has 3 rings (SSSR count). The van der Waals surface area contributed by atoms with Crippen LogP contribution >= 0.6 is 0 Å². The number of likely N-dealkylation sites (tertiary alicyclic amines) is 1. The summed E-state index contributed by atoms with van der Waals surface area (Å²) in [5.41, 5.74) is 1.33. The summed E-state index contributed by atoms with van der Waals surface area (Å²) in [7, 11) is 1.35. The summed E-state index contributed by atoms with van der Waals surface area (Å²) in [5, 5.41) is 2.89. The molecule has 2 aromatic carbocycles. The number of methoxy groups -OCH3 is 1. The number of piperidine rings is 1. The number of nitrogens with zero attached hydrogens (tertiary/aromatic N) is 1. The number of para-hydroxylation sites is 1. The number of carbonyl (C=O) groups excluding carboxylic acids is 2. The zero-order valence-electron chi connectivity index (χ0n) is 17.1. The number of carbonyl (C=O) groups is 2. The molecule has 0 radical (unpaired) electrons. The van der Waals surface area contributed by atoms with Crippen LogP contribution in [0.4, 0.5) is 14.5 Å². The minimum absolute atomic E-state index is 0.0794. The lowest BCUT2D eigenvalue weighted by Gasteiger charge is -2.31. The van der Waals surface area contributed by atoms with Crippen molar-refractivity contribution < 1.29 is 27.8 Å². The third kappa shape index (κ3) is 6.28. The van der Waals surface area contributed by atoms with E-state index in [-0.39, 0.29) is 29.2 Å². The molecule has 1 unspecified atom stereocenters. The zero-order valence-corrected chi connectivity index (χ0v) is 17.1. The van der Waals surface area contributed by atoms with E-state index in [9.17, 15) is 18.4 Å². The maximum Gasteiger partial charge on any atom is 0.387 e. The van der Waals surface area contributed by atoms with Gasteiger partial charge in [-0.25, -0.2) is 0 Å². The van der Waals surface area contributed by atoms with Crippen molar-refractivity contribution in [3.05, 3.63) is 60.2 Å². The van der Waals surface area contributed by atoms with Crippen LogP contribution < -0.4 is 14.8 Å². The lowest BCUT2D eigenvalue weighted by molar-refractivity contribution is -0.130. The van der Waals surface area contributed by atoms with Crippen LogP contribution in [0, 0.1) is 5.92 Å². The van der Waals surface area contributed by atoms with Crippen molar-refractivity contribution in [3.8, 4) is 11.5 Å². The molecule has 6 nitrogen and oxygen atoms in total. The van der Waals surface area contributed by atoms with Gasteiger partial charge in [0.15, 0.2) is 11.5 Å². The highest BCUT2D eigenvalue weighted by Crippen LogP contribution is 2.30. The second-order valence-electron chi connectivity index (χ2n) is 7.10. The maximum absolute atomic E-state index is 12.6. The number of halogens is 2. The molecule has 2 amide bonds. The highest BCUT2D eigenvalue weighted by molar-refractivity contribution is 5.95. The van der Waals surface area contributed by atoms with Gasteiger partial charge < -0.3 is 19.7 Å². The fraction of sp³-hybridized carbons (Fsp3) is 0.304. The topological polar surface area (TPSA) is 67.9 Å². The van der Waals surface area contributed by atoms with E-state index in [2.05, 4.69) is 10.1 Å². The van der Waals surface area contributed by atoms with Gasteiger partial charge in [0, 0.05) is 24.9 Å². The van der Waals surface area contributed by atoms with Crippen molar-refractivity contribution in [2.24, 2.45) is 5.92 Å². The van der Waals surface area contributed by atoms with Crippen LogP contribution in [0.5, 0.6) is 11.5 Å². The Bertz CT molecular complexity index is 934. The molecule has 1 saturated heterocycles. The second-order valence-corrected chi connectivity index (χ2v) is 7.10. The standard InChI is InChI=1S/C23H24F2N2O4/c1-30-20-14-16(9-11-19(20)31-23(24)25)10-12-21(28)27-13-5-6-17(15-27)22(29)26-18-7-3-2-4-8-18/h2-4,7-12,14,17,23H,5-6,13,15H2,1H3,(H,26,29). The summed E-state index contributed by atoms with van der Waals surface area (Å²) in [6.07, 6.45) is 4.43. The first-order chi connectivity index (χ1) is 15.0. The maximum atomic E-state index is 12.6. The first-order valence-electron chi connectivity index (χ1n) is 9.92. The molecule has 1 fully saturated rings. The van der Waals surface area contributed by atoms with Gasteiger partial charge in [0.2, 0.25) is 11.8 Å². The molecule has 164 valence electrons. The van der Waals surface area contributed by atoms with Crippen LogP contribution in [0.15, 0.2) is 54.6 Å². The number of nitrogens with one attached hydrogen (secondary N) is 1. The van der Waals surface area contributed by atoms with Gasteiger partial charge in [0.1, 0.15) is 0 Å². The minimum Gasteiger partial charge on any atom is -0.493 e. The van der Waals surface area contributed by atoms with Gasteiger partial charge in [-0.2, -0.15) is 8.78 Å². The average Bonchev–Trinajstić information content (AvgIpc) is 2.78. The Kier molecular flexibility index (Phi) is 7.59. The van der Waals surface area contributed by atoms with Crippen LogP contribution in [0.1, 0.15) is 18.4 Å². The van der Waals surface area contributed by atoms with Crippen molar-refractivity contribution in [2.45, 2.75) is 19.5 Å². The molecule has 1 atom stereocenters. The van der Waals surface area contributed by atoms with Crippen LogP contribution in [0.2, 0.25) is 0 Å². The summed E-state index contributed by atoms with van der Waals surface area (Å²) in [5.74, 6) is -0.539. The number of amides is 2. The van der Waals surface area contributed by atoms with E-state index in [1.165, 1.54) is 25.3 Å². The second kappa shape index (κ2) is 10.6. The van der Waals surface area contributed by atoms with Crippen LogP contribution in [-0.2, 0) is 9.59 Å². The molecular formula is C23H24F2N2O4. The van der Waals surface area contributed by atoms with E-state index in [0.717, 1.165) is 18.5 Å². The molecule has 1 heterocycles. The summed E-state index contributed by atoms with van der Waals surface area (Å²) in [6.45, 7) is -2.04. The number of alkyl halides is 2. The van der Waals surface area contributed by atoms with Gasteiger partial charge in [-0.15, -0.1) is 0 Å². The predicted octanol–water partition coefficient (Wildman–Crippen LogP) is 4.19. The smallest absolute Gasteiger partial charge is 0.387 e. The summed E-state index contributed by atoms with van der Waals surface area (Å²) >= 11 is 0. The molecule has 2 aromatic rings. The number of benzene rings is 2. The van der Waals surface area contributed by atoms with Crippen molar-refractivity contribution in [1.82, 2.24) is 4.90 Å². The molecule has 0 spiro atoms. The zero-order chi connectivity index (χ0) is 22.2. The summed E-state index contributed by atoms with van der Waals surface area (Å²) in [4.78, 5) is 26.8. The number of hydrogen-bond acceptors (Lipinski definition) is 4. The van der Waals surface area contributed by atoms with E-state index in [1.807, 2.05) is 30.3 Å². The van der Waals surface area contributed by atoms with Gasteiger partial charge >= 0.3 is 6.61 Å². The Morgan fingerprint density at radius 3 is 2.65 bits per heavy atom. The lowest BCUT2D eigenvalue weighted by Crippen LogP contribution is -2.43. The number of rotatable bonds is 7. The predicted molar refractivity (Wildman–Crippen MR) is 113 cm³/mol. The third-order valence-corrected chi connectivity index (χ3v) is 4.97. The molecule has 8 heteroatoms. The number of anilines is 1. The van der Waals surface area contributed by atoms with Crippen LogP contribution in [-0.4, -0.2) is 43.5 Å². The van der Waals surface area contributed by atoms with Crippen LogP contribution in [0.25, 0.3) is 6.08 Å². The molecule has 1 N–H and O–H groups in total. The SMILES string of the molecule is COc1cc(C=CC(=O)N2CCCC(C(=O)Nc3ccccc3)C2)ccc1OC(F)F. The Morgan fingerprint density at radius 1 is 1.16 bits per heavy atom. The van der Waals surface area contributed by atoms with Gasteiger partial charge in [-0.05, 0) is 48.7 Å². The fourth-order valence-corrected chi connectivity index (χ4v) is 3.41. The van der Waals surface area contributed by atoms with Gasteiger partial charge in [0.05, 0.1) is 13.0 Å². The number of hydrogen-bond donors (Lipinski definition) is 1. The van der Waals surface area contributed by atoms with Crippen molar-refractivity contribution in [1.29, 1.82) is 0 Å². The van der Waals surface area contributed by atoms with Crippen molar-refractivity contribution in [2.75, 3.05) is 25.5 Å². The lowest BCUT2D eigenvalue weighted by atomic mass is 9.97. The Balaban J connectivity index is 1.60. The minimum atomic E-state index is -2.96.